The highest BCUT2D eigenvalue weighted by atomic mass is 16.5. The molecule has 0 N–H and O–H groups in total. The number of carbonyl (C=O) groups is 1. The molecule has 6 nitrogen and oxygen atoms in total. The predicted octanol–water partition coefficient (Wildman–Crippen LogP) is 3.35. The van der Waals surface area contributed by atoms with Gasteiger partial charge >= 0.3 is 5.97 Å². The quantitative estimate of drug-likeness (QED) is 0.608. The van der Waals surface area contributed by atoms with E-state index in [4.69, 9.17) is 9.72 Å². The lowest BCUT2D eigenvalue weighted by atomic mass is 10.1. The normalized spacial score (nSPS) is 15.7. The third-order valence-corrected chi connectivity index (χ3v) is 4.47. The first-order valence-corrected chi connectivity index (χ1v) is 8.93. The van der Waals surface area contributed by atoms with Gasteiger partial charge in [0, 0.05) is 13.1 Å². The Morgan fingerprint density at radius 1 is 1.23 bits per heavy atom. The summed E-state index contributed by atoms with van der Waals surface area (Å²) < 4.78 is 5.11. The van der Waals surface area contributed by atoms with Gasteiger partial charge in [0.15, 0.2) is 11.7 Å². The Morgan fingerprint density at radius 2 is 1.88 bits per heavy atom. The molecule has 1 aromatic carbocycles. The Bertz CT molecular complexity index is 835. The Morgan fingerprint density at radius 3 is 2.50 bits per heavy atom. The molecule has 0 unspecified atom stereocenters. The first-order valence-electron chi connectivity index (χ1n) is 8.93. The van der Waals surface area contributed by atoms with Crippen molar-refractivity contribution in [2.24, 2.45) is 0 Å². The van der Waals surface area contributed by atoms with E-state index in [1.807, 2.05) is 30.3 Å². The van der Waals surface area contributed by atoms with Gasteiger partial charge < -0.3 is 9.64 Å². The highest BCUT2D eigenvalue weighted by Crippen LogP contribution is 2.29. The number of anilines is 1. The summed E-state index contributed by atoms with van der Waals surface area (Å²) >= 11 is 0. The van der Waals surface area contributed by atoms with E-state index in [1.54, 1.807) is 0 Å². The van der Waals surface area contributed by atoms with E-state index in [2.05, 4.69) is 16.5 Å². The van der Waals surface area contributed by atoms with Gasteiger partial charge in [0.2, 0.25) is 0 Å². The molecule has 2 heterocycles. The molecule has 0 amide bonds. The van der Waals surface area contributed by atoms with Crippen LogP contribution in [-0.4, -0.2) is 35.6 Å². The number of hydrogen-bond donors (Lipinski definition) is 0. The van der Waals surface area contributed by atoms with Gasteiger partial charge in [0.25, 0.3) is 0 Å². The first kappa shape index (κ1) is 17.9. The largest absolute Gasteiger partial charge is 0.460 e. The van der Waals surface area contributed by atoms with Gasteiger partial charge in [-0.05, 0) is 25.0 Å². The molecule has 1 atom stereocenters. The lowest BCUT2D eigenvalue weighted by molar-refractivity contribution is -0.142. The zero-order chi connectivity index (χ0) is 18.4. The second kappa shape index (κ2) is 8.43. The molecule has 1 saturated heterocycles. The number of rotatable bonds is 5. The van der Waals surface area contributed by atoms with Crippen molar-refractivity contribution in [3.05, 3.63) is 42.6 Å². The first-order chi connectivity index (χ1) is 12.7. The lowest BCUT2D eigenvalue weighted by Gasteiger charge is -2.25. The lowest BCUT2D eigenvalue weighted by Crippen LogP contribution is -2.28. The number of aromatic nitrogens is 2. The van der Waals surface area contributed by atoms with Gasteiger partial charge in [-0.1, -0.05) is 37.6 Å². The summed E-state index contributed by atoms with van der Waals surface area (Å²) in [4.78, 5) is 23.9. The molecule has 1 aromatic heterocycles. The number of nitriles is 1. The maximum absolute atomic E-state index is 12.4. The van der Waals surface area contributed by atoms with Crippen molar-refractivity contribution in [3.63, 3.8) is 0 Å². The molecular formula is C20H22N4O2. The van der Waals surface area contributed by atoms with Crippen LogP contribution in [-0.2, 0) is 9.53 Å². The molecule has 0 radical (unpaired) electrons. The molecule has 26 heavy (non-hydrogen) atoms. The summed E-state index contributed by atoms with van der Waals surface area (Å²) in [6.07, 6.45) is 5.96. The minimum atomic E-state index is -1.11. The van der Waals surface area contributed by atoms with Gasteiger partial charge in [-0.25, -0.2) is 9.97 Å². The zero-order valence-corrected chi connectivity index (χ0v) is 14.7. The number of benzene rings is 1. The Kier molecular flexibility index (Phi) is 5.80. The van der Waals surface area contributed by atoms with Crippen LogP contribution in [0.5, 0.6) is 0 Å². The minimum Gasteiger partial charge on any atom is -0.460 e. The van der Waals surface area contributed by atoms with Gasteiger partial charge in [-0.3, -0.25) is 4.79 Å². The molecule has 1 aliphatic heterocycles. The van der Waals surface area contributed by atoms with Gasteiger partial charge in [0.05, 0.1) is 17.1 Å². The number of nitrogens with zero attached hydrogens (tertiary/aromatic N) is 4. The minimum absolute atomic E-state index is 0.0665. The van der Waals surface area contributed by atoms with E-state index >= 15 is 0 Å². The van der Waals surface area contributed by atoms with Crippen molar-refractivity contribution in [2.45, 2.75) is 31.6 Å². The molecule has 2 aromatic rings. The van der Waals surface area contributed by atoms with Crippen LogP contribution < -0.4 is 4.90 Å². The van der Waals surface area contributed by atoms with Crippen molar-refractivity contribution in [2.75, 3.05) is 24.6 Å². The standard InChI is InChI=1S/C20H22N4O2/c1-2-13-26-20(25)15(14-21)18-19(24-11-7-3-4-8-12-24)23-17-10-6-5-9-16(17)22-18/h2,5-6,9-10,15H,1,3-4,7-8,11-13H2/t15-/m0/s1. The van der Waals surface area contributed by atoms with Gasteiger partial charge in [-0.2, -0.15) is 5.26 Å². The molecule has 1 aliphatic rings. The van der Waals surface area contributed by atoms with E-state index in [9.17, 15) is 10.1 Å². The van der Waals surface area contributed by atoms with Crippen LogP contribution in [0.2, 0.25) is 0 Å². The van der Waals surface area contributed by atoms with E-state index in [0.717, 1.165) is 31.4 Å². The predicted molar refractivity (Wildman–Crippen MR) is 99.7 cm³/mol. The van der Waals surface area contributed by atoms with Crippen LogP contribution in [0, 0.1) is 11.3 Å². The van der Waals surface area contributed by atoms with Crippen LogP contribution in [0.1, 0.15) is 37.3 Å². The number of fused-ring (bicyclic) bond motifs is 1. The van der Waals surface area contributed by atoms with Crippen LogP contribution >= 0.6 is 0 Å². The fourth-order valence-corrected chi connectivity index (χ4v) is 3.16. The SMILES string of the molecule is C=CCOC(=O)[C@@H](C#N)c1nc2ccccc2nc1N1CCCCCC1. The van der Waals surface area contributed by atoms with E-state index in [-0.39, 0.29) is 6.61 Å². The van der Waals surface area contributed by atoms with Crippen molar-refractivity contribution >= 4 is 22.8 Å². The number of hydrogen-bond acceptors (Lipinski definition) is 6. The molecule has 0 bridgehead atoms. The molecule has 0 aliphatic carbocycles. The van der Waals surface area contributed by atoms with Gasteiger partial charge in [-0.15, -0.1) is 0 Å². The Labute approximate surface area is 153 Å². The molecule has 134 valence electrons. The van der Waals surface area contributed by atoms with Crippen molar-refractivity contribution in [1.29, 1.82) is 5.26 Å². The summed E-state index contributed by atoms with van der Waals surface area (Å²) in [5.41, 5.74) is 1.80. The maximum Gasteiger partial charge on any atom is 0.330 e. The van der Waals surface area contributed by atoms with Crippen LogP contribution in [0.15, 0.2) is 36.9 Å². The molecular weight excluding hydrogens is 328 g/mol. The van der Waals surface area contributed by atoms with Crippen LogP contribution in [0.4, 0.5) is 5.82 Å². The molecule has 0 spiro atoms. The number of para-hydroxylation sites is 2. The fourth-order valence-electron chi connectivity index (χ4n) is 3.16. The number of esters is 1. The number of carbonyl (C=O) groups excluding carboxylic acids is 1. The molecule has 1 fully saturated rings. The highest BCUT2D eigenvalue weighted by molar-refractivity contribution is 5.85. The smallest absolute Gasteiger partial charge is 0.330 e. The average Bonchev–Trinajstić information content (AvgIpc) is 2.95. The molecule has 0 saturated carbocycles. The summed E-state index contributed by atoms with van der Waals surface area (Å²) in [6.45, 7) is 5.30. The molecule has 6 heteroatoms. The molecule has 3 rings (SSSR count). The number of ether oxygens (including phenoxy) is 1. The Balaban J connectivity index is 2.08. The van der Waals surface area contributed by atoms with Crippen LogP contribution in [0.25, 0.3) is 11.0 Å². The van der Waals surface area contributed by atoms with Gasteiger partial charge in [0.1, 0.15) is 12.3 Å². The van der Waals surface area contributed by atoms with Crippen LogP contribution in [0.3, 0.4) is 0 Å². The monoisotopic (exact) mass is 350 g/mol. The topological polar surface area (TPSA) is 79.1 Å². The summed E-state index contributed by atoms with van der Waals surface area (Å²) in [5.74, 6) is -1.11. The second-order valence-electron chi connectivity index (χ2n) is 6.30. The van der Waals surface area contributed by atoms with E-state index < -0.39 is 11.9 Å². The Hall–Kier alpha value is -2.94. The van der Waals surface area contributed by atoms with E-state index in [1.165, 1.54) is 18.9 Å². The van der Waals surface area contributed by atoms with E-state index in [0.29, 0.717) is 17.0 Å². The third kappa shape index (κ3) is 3.83. The average molecular weight is 350 g/mol. The van der Waals surface area contributed by atoms with Crippen molar-refractivity contribution in [1.82, 2.24) is 9.97 Å². The third-order valence-electron chi connectivity index (χ3n) is 4.47. The summed E-state index contributed by atoms with van der Waals surface area (Å²) in [6, 6.07) is 9.55. The second-order valence-corrected chi connectivity index (χ2v) is 6.30. The highest BCUT2D eigenvalue weighted by Gasteiger charge is 2.30. The fraction of sp³-hybridized carbons (Fsp3) is 0.400. The van der Waals surface area contributed by atoms with Crippen molar-refractivity contribution < 1.29 is 9.53 Å². The van der Waals surface area contributed by atoms with Crippen molar-refractivity contribution in [3.8, 4) is 6.07 Å². The maximum atomic E-state index is 12.4. The summed E-state index contributed by atoms with van der Waals surface area (Å²) in [7, 11) is 0. The zero-order valence-electron chi connectivity index (χ0n) is 14.7. The summed E-state index contributed by atoms with van der Waals surface area (Å²) in [5, 5.41) is 9.64.